The monoisotopic (exact) mass is 714 g/mol. The van der Waals surface area contributed by atoms with Gasteiger partial charge >= 0.3 is 5.97 Å². The molecule has 4 fully saturated rings. The van der Waals surface area contributed by atoms with Crippen LogP contribution in [0.3, 0.4) is 0 Å². The smallest absolute Gasteiger partial charge is 0.312 e. The Labute approximate surface area is 293 Å². The Bertz CT molecular complexity index is 1590. The van der Waals surface area contributed by atoms with E-state index in [1.807, 2.05) is 0 Å². The van der Waals surface area contributed by atoms with Crippen molar-refractivity contribution in [3.8, 4) is 0 Å². The van der Waals surface area contributed by atoms with Gasteiger partial charge in [-0.1, -0.05) is 35.9 Å². The van der Waals surface area contributed by atoms with Crippen LogP contribution < -0.4 is 21.5 Å². The standard InChI is InChI=1S/C33H43ClN6O6S.C2H4/c1-20(29(41)37-17-21-5-9-27(10-6-21)38-32(35)36)40(2)30(42)28(39-47(44,45)19-22-3-7-26(34)8-4-22)18-46-31(43)33-14-23-11-24(15-33)13-25(12-23)16-33;1-2/h3-10,20,23-25,28,39H,11-19H2,1-2H3,(H,37,41)(H4,35,36,38);1-2H2/t20-,23?,24?,25?,28+,33?;/m0./s1. The number of sulfonamides is 1. The molecule has 0 spiro atoms. The molecule has 266 valence electrons. The molecule has 0 saturated heterocycles. The number of hydrogen-bond acceptors (Lipinski definition) is 7. The third kappa shape index (κ3) is 9.83. The van der Waals surface area contributed by atoms with E-state index < -0.39 is 51.7 Å². The molecule has 4 bridgehead atoms. The van der Waals surface area contributed by atoms with Gasteiger partial charge in [-0.3, -0.25) is 14.4 Å². The van der Waals surface area contributed by atoms with Crippen molar-refractivity contribution in [3.63, 3.8) is 0 Å². The number of likely N-dealkylation sites (N-methyl/N-ethyl adjacent to an activating group) is 1. The summed E-state index contributed by atoms with van der Waals surface area (Å²) in [5.74, 6) is -0.498. The molecule has 49 heavy (non-hydrogen) atoms. The number of nitrogens with one attached hydrogen (secondary N) is 2. The lowest BCUT2D eigenvalue weighted by atomic mass is 9.49. The third-order valence-corrected chi connectivity index (χ3v) is 11.3. The van der Waals surface area contributed by atoms with E-state index in [-0.39, 0.29) is 18.5 Å². The summed E-state index contributed by atoms with van der Waals surface area (Å²) in [5, 5.41) is 3.25. The normalized spacial score (nSPS) is 23.3. The highest BCUT2D eigenvalue weighted by atomic mass is 35.5. The first-order chi connectivity index (χ1) is 23.2. The maximum Gasteiger partial charge on any atom is 0.312 e. The Morgan fingerprint density at radius 2 is 1.51 bits per heavy atom. The lowest BCUT2D eigenvalue weighted by Crippen LogP contribution is -2.56. The predicted molar refractivity (Wildman–Crippen MR) is 190 cm³/mol. The van der Waals surface area contributed by atoms with Gasteiger partial charge in [0.25, 0.3) is 0 Å². The van der Waals surface area contributed by atoms with Gasteiger partial charge in [-0.05, 0) is 98.6 Å². The van der Waals surface area contributed by atoms with Crippen molar-refractivity contribution < 1.29 is 27.5 Å². The summed E-state index contributed by atoms with van der Waals surface area (Å²) in [5.41, 5.74) is 12.0. The van der Waals surface area contributed by atoms with Gasteiger partial charge < -0.3 is 26.4 Å². The number of benzene rings is 2. The van der Waals surface area contributed by atoms with E-state index >= 15 is 0 Å². The molecule has 0 aliphatic heterocycles. The highest BCUT2D eigenvalue weighted by Crippen LogP contribution is 2.60. The lowest BCUT2D eigenvalue weighted by molar-refractivity contribution is -0.172. The van der Waals surface area contributed by atoms with Crippen molar-refractivity contribution in [3.05, 3.63) is 77.8 Å². The number of guanidine groups is 1. The number of carbonyl (C=O) groups is 3. The number of nitrogens with two attached hydrogens (primary N) is 2. The Kier molecular flexibility index (Phi) is 12.5. The van der Waals surface area contributed by atoms with E-state index in [1.165, 1.54) is 14.0 Å². The van der Waals surface area contributed by atoms with Crippen LogP contribution in [0.4, 0.5) is 5.69 Å². The summed E-state index contributed by atoms with van der Waals surface area (Å²) in [6, 6.07) is 10.8. The molecule has 2 atom stereocenters. The summed E-state index contributed by atoms with van der Waals surface area (Å²) in [6.07, 6.45) is 5.75. The Hall–Kier alpha value is -3.94. The largest absolute Gasteiger partial charge is 0.463 e. The quantitative estimate of drug-likeness (QED) is 0.105. The molecule has 2 aromatic carbocycles. The van der Waals surface area contributed by atoms with Gasteiger partial charge in [0.05, 0.1) is 16.9 Å². The number of hydrogen-bond donors (Lipinski definition) is 4. The number of esters is 1. The Morgan fingerprint density at radius 1 is 0.980 bits per heavy atom. The van der Waals surface area contributed by atoms with Crippen LogP contribution in [-0.4, -0.2) is 62.8 Å². The Balaban J connectivity index is 0.00000265. The fourth-order valence-corrected chi connectivity index (χ4v) is 9.12. The van der Waals surface area contributed by atoms with Crippen molar-refractivity contribution in [2.75, 3.05) is 13.7 Å². The molecule has 4 aliphatic carbocycles. The number of rotatable bonds is 13. The zero-order valence-corrected chi connectivity index (χ0v) is 29.6. The van der Waals surface area contributed by atoms with Crippen molar-refractivity contribution in [1.29, 1.82) is 0 Å². The van der Waals surface area contributed by atoms with Crippen LogP contribution in [0.15, 0.2) is 66.7 Å². The maximum atomic E-state index is 13.8. The van der Waals surface area contributed by atoms with Crippen molar-refractivity contribution in [2.24, 2.45) is 39.6 Å². The van der Waals surface area contributed by atoms with E-state index in [2.05, 4.69) is 28.2 Å². The summed E-state index contributed by atoms with van der Waals surface area (Å²) in [7, 11) is -2.66. The first-order valence-electron chi connectivity index (χ1n) is 16.4. The molecule has 0 heterocycles. The van der Waals surface area contributed by atoms with Gasteiger partial charge in [0.2, 0.25) is 21.8 Å². The lowest BCUT2D eigenvalue weighted by Gasteiger charge is -2.55. The number of halogens is 1. The SMILES string of the molecule is C=C.C[C@@H](C(=O)NCc1ccc(N=C(N)N)cc1)N(C)C(=O)[C@@H](COC(=O)C12CC3CC(CC(C3)C1)C2)NS(=O)(=O)Cc1ccc(Cl)cc1. The highest BCUT2D eigenvalue weighted by molar-refractivity contribution is 7.88. The summed E-state index contributed by atoms with van der Waals surface area (Å²) in [6.45, 7) is 7.23. The van der Waals surface area contributed by atoms with Crippen LogP contribution in [0.5, 0.6) is 0 Å². The second-order valence-electron chi connectivity index (χ2n) is 13.4. The van der Waals surface area contributed by atoms with Crippen molar-refractivity contribution >= 4 is 51.1 Å². The van der Waals surface area contributed by atoms with Crippen LogP contribution in [0.2, 0.25) is 5.02 Å². The molecule has 4 aliphatic rings. The minimum absolute atomic E-state index is 0.0688. The van der Waals surface area contributed by atoms with Gasteiger partial charge in [0.1, 0.15) is 18.7 Å². The first-order valence-corrected chi connectivity index (χ1v) is 18.4. The van der Waals surface area contributed by atoms with Gasteiger partial charge in [-0.15, -0.1) is 13.2 Å². The molecule has 0 unspecified atom stereocenters. The number of aliphatic imine (C=N–C) groups is 1. The van der Waals surface area contributed by atoms with Gasteiger partial charge in [0.15, 0.2) is 5.96 Å². The van der Waals surface area contributed by atoms with Crippen LogP contribution in [0.25, 0.3) is 0 Å². The average Bonchev–Trinajstić information content (AvgIpc) is 3.06. The molecule has 4 saturated carbocycles. The fourth-order valence-electron chi connectivity index (χ4n) is 7.67. The topological polar surface area (TPSA) is 186 Å². The molecule has 0 radical (unpaired) electrons. The highest BCUT2D eigenvalue weighted by Gasteiger charge is 2.55. The molecular weight excluding hydrogens is 668 g/mol. The summed E-state index contributed by atoms with van der Waals surface area (Å²) >= 11 is 5.95. The predicted octanol–water partition coefficient (Wildman–Crippen LogP) is 3.76. The molecule has 6 N–H and O–H groups in total. The van der Waals surface area contributed by atoms with Gasteiger partial charge in [0, 0.05) is 18.6 Å². The van der Waals surface area contributed by atoms with E-state index in [0.717, 1.165) is 49.0 Å². The summed E-state index contributed by atoms with van der Waals surface area (Å²) < 4.78 is 34.8. The molecule has 2 amide bonds. The minimum atomic E-state index is -4.08. The van der Waals surface area contributed by atoms with Crippen LogP contribution in [0, 0.1) is 23.2 Å². The van der Waals surface area contributed by atoms with E-state index in [9.17, 15) is 22.8 Å². The van der Waals surface area contributed by atoms with Gasteiger partial charge in [-0.2, -0.15) is 4.72 Å². The first kappa shape index (κ1) is 37.9. The van der Waals surface area contributed by atoms with Crippen LogP contribution in [0.1, 0.15) is 56.6 Å². The van der Waals surface area contributed by atoms with Crippen LogP contribution in [-0.2, 0) is 41.4 Å². The second-order valence-corrected chi connectivity index (χ2v) is 15.6. The van der Waals surface area contributed by atoms with Crippen molar-refractivity contribution in [1.82, 2.24) is 14.9 Å². The van der Waals surface area contributed by atoms with E-state index in [4.69, 9.17) is 27.8 Å². The molecule has 12 nitrogen and oxygen atoms in total. The van der Waals surface area contributed by atoms with Gasteiger partial charge in [-0.25, -0.2) is 13.4 Å². The number of carbonyl (C=O) groups excluding carboxylic acids is 3. The number of ether oxygens (including phenoxy) is 1. The zero-order valence-electron chi connectivity index (χ0n) is 28.1. The molecule has 2 aromatic rings. The number of amides is 2. The molecule has 14 heteroatoms. The van der Waals surface area contributed by atoms with Crippen LogP contribution >= 0.6 is 11.6 Å². The van der Waals surface area contributed by atoms with E-state index in [1.54, 1.807) is 48.5 Å². The second kappa shape index (κ2) is 16.2. The zero-order chi connectivity index (χ0) is 35.9. The third-order valence-electron chi connectivity index (χ3n) is 9.71. The molecular formula is C35H47ClN6O6S. The average molecular weight is 715 g/mol. The maximum absolute atomic E-state index is 13.8. The molecule has 6 rings (SSSR count). The fraction of sp³-hybridized carbons (Fsp3) is 0.486. The van der Waals surface area contributed by atoms with Crippen molar-refractivity contribution in [2.45, 2.75) is 69.8 Å². The van der Waals surface area contributed by atoms with E-state index in [0.29, 0.717) is 34.0 Å². The Morgan fingerprint density at radius 3 is 2.04 bits per heavy atom. The molecule has 0 aromatic heterocycles. The summed E-state index contributed by atoms with van der Waals surface area (Å²) in [4.78, 5) is 45.6. The number of nitrogens with zero attached hydrogens (tertiary/aromatic N) is 2. The minimum Gasteiger partial charge on any atom is -0.463 e.